The van der Waals surface area contributed by atoms with E-state index < -0.39 is 0 Å². The number of hydrogen-bond acceptors (Lipinski definition) is 4. The molecule has 1 aliphatic heterocycles. The summed E-state index contributed by atoms with van der Waals surface area (Å²) in [4.78, 5) is 20.8. The van der Waals surface area contributed by atoms with Crippen LogP contribution in [0.3, 0.4) is 0 Å². The molecule has 26 heavy (non-hydrogen) atoms. The Morgan fingerprint density at radius 2 is 2.15 bits per heavy atom. The number of para-hydroxylation sites is 1. The molecule has 0 spiro atoms. The lowest BCUT2D eigenvalue weighted by Gasteiger charge is -2.13. The summed E-state index contributed by atoms with van der Waals surface area (Å²) < 4.78 is 7.48. The highest BCUT2D eigenvalue weighted by molar-refractivity contribution is 5.74. The van der Waals surface area contributed by atoms with Crippen LogP contribution in [-0.2, 0) is 6.54 Å². The molecule has 4 rings (SSSR count). The van der Waals surface area contributed by atoms with E-state index in [1.165, 1.54) is 0 Å². The van der Waals surface area contributed by atoms with Crippen LogP contribution in [0.25, 0.3) is 5.82 Å². The lowest BCUT2D eigenvalue weighted by atomic mass is 10.1. The first-order chi connectivity index (χ1) is 12.7. The van der Waals surface area contributed by atoms with Crippen LogP contribution in [-0.4, -0.2) is 27.2 Å². The number of urea groups is 1. The molecule has 1 aromatic carbocycles. The summed E-state index contributed by atoms with van der Waals surface area (Å²) in [5, 5.41) is 5.84. The smallest absolute Gasteiger partial charge is 0.315 e. The molecule has 3 heterocycles. The largest absolute Gasteiger partial charge is 0.491 e. The number of hydrogen-bond donors (Lipinski definition) is 2. The molecule has 2 aromatic heterocycles. The SMILES string of the molecule is Cc1nccn1-c1cc(CNC(=O)N[C@H]2COc3ccccc32)ccn1. The van der Waals surface area contributed by atoms with E-state index in [4.69, 9.17) is 4.74 Å². The molecular weight excluding hydrogens is 330 g/mol. The Balaban J connectivity index is 1.37. The van der Waals surface area contributed by atoms with Crippen LogP contribution in [0, 0.1) is 6.92 Å². The first kappa shape index (κ1) is 16.1. The van der Waals surface area contributed by atoms with Crippen LogP contribution in [0.2, 0.25) is 0 Å². The topological polar surface area (TPSA) is 81.1 Å². The highest BCUT2D eigenvalue weighted by Gasteiger charge is 2.24. The normalized spacial score (nSPS) is 15.2. The number of aromatic nitrogens is 3. The molecule has 0 saturated heterocycles. The van der Waals surface area contributed by atoms with E-state index in [9.17, 15) is 4.79 Å². The number of aryl methyl sites for hydroxylation is 1. The molecule has 7 heteroatoms. The van der Waals surface area contributed by atoms with E-state index in [-0.39, 0.29) is 12.1 Å². The Bertz CT molecular complexity index is 937. The van der Waals surface area contributed by atoms with Gasteiger partial charge in [0.1, 0.15) is 24.0 Å². The van der Waals surface area contributed by atoms with Gasteiger partial charge in [-0.05, 0) is 30.7 Å². The second-order valence-electron chi connectivity index (χ2n) is 6.10. The van der Waals surface area contributed by atoms with Gasteiger partial charge in [0.2, 0.25) is 0 Å². The molecule has 1 atom stereocenters. The number of amides is 2. The number of ether oxygens (including phenoxy) is 1. The summed E-state index contributed by atoms with van der Waals surface area (Å²) in [6, 6.07) is 11.2. The van der Waals surface area contributed by atoms with E-state index in [0.717, 1.165) is 28.5 Å². The Morgan fingerprint density at radius 3 is 3.00 bits per heavy atom. The second-order valence-corrected chi connectivity index (χ2v) is 6.10. The van der Waals surface area contributed by atoms with Crippen LogP contribution in [0.4, 0.5) is 4.79 Å². The average molecular weight is 349 g/mol. The zero-order chi connectivity index (χ0) is 17.9. The monoisotopic (exact) mass is 349 g/mol. The highest BCUT2D eigenvalue weighted by atomic mass is 16.5. The van der Waals surface area contributed by atoms with E-state index in [1.807, 2.05) is 54.1 Å². The number of nitrogens with one attached hydrogen (secondary N) is 2. The summed E-state index contributed by atoms with van der Waals surface area (Å²) in [5.74, 6) is 2.46. The Labute approximate surface area is 151 Å². The zero-order valence-corrected chi connectivity index (χ0v) is 14.3. The summed E-state index contributed by atoms with van der Waals surface area (Å²) >= 11 is 0. The van der Waals surface area contributed by atoms with Crippen molar-refractivity contribution < 1.29 is 9.53 Å². The van der Waals surface area contributed by atoms with Gasteiger partial charge in [-0.25, -0.2) is 14.8 Å². The fourth-order valence-electron chi connectivity index (χ4n) is 3.00. The standard InChI is InChI=1S/C19H19N5O2/c1-13-20-8-9-24(13)18-10-14(6-7-21-18)11-22-19(25)23-16-12-26-17-5-3-2-4-15(16)17/h2-10,16H,11-12H2,1H3,(H2,22,23,25)/t16-/m0/s1. The quantitative estimate of drug-likeness (QED) is 0.758. The predicted molar refractivity (Wildman–Crippen MR) is 96.1 cm³/mol. The van der Waals surface area contributed by atoms with Gasteiger partial charge in [-0.1, -0.05) is 18.2 Å². The molecular formula is C19H19N5O2. The maximum Gasteiger partial charge on any atom is 0.315 e. The number of fused-ring (bicyclic) bond motifs is 1. The Hall–Kier alpha value is -3.35. The molecule has 2 amide bonds. The minimum Gasteiger partial charge on any atom is -0.491 e. The molecule has 1 aliphatic rings. The number of carbonyl (C=O) groups excluding carboxylic acids is 1. The van der Waals surface area contributed by atoms with E-state index >= 15 is 0 Å². The highest BCUT2D eigenvalue weighted by Crippen LogP contribution is 2.31. The van der Waals surface area contributed by atoms with Crippen LogP contribution >= 0.6 is 0 Å². The first-order valence-corrected chi connectivity index (χ1v) is 8.42. The van der Waals surface area contributed by atoms with Crippen molar-refractivity contribution in [1.82, 2.24) is 25.2 Å². The van der Waals surface area contributed by atoms with Gasteiger partial charge in [0, 0.05) is 30.7 Å². The summed E-state index contributed by atoms with van der Waals surface area (Å²) in [5.41, 5.74) is 1.96. The van der Waals surface area contributed by atoms with Gasteiger partial charge < -0.3 is 15.4 Å². The Morgan fingerprint density at radius 1 is 1.27 bits per heavy atom. The molecule has 0 radical (unpaired) electrons. The molecule has 132 valence electrons. The number of rotatable bonds is 4. The molecule has 0 aliphatic carbocycles. The van der Waals surface area contributed by atoms with Crippen LogP contribution in [0.15, 0.2) is 55.0 Å². The number of imidazole rings is 1. The summed E-state index contributed by atoms with van der Waals surface area (Å²) in [6.07, 6.45) is 5.32. The number of carbonyl (C=O) groups is 1. The van der Waals surface area contributed by atoms with Crippen molar-refractivity contribution in [1.29, 1.82) is 0 Å². The summed E-state index contributed by atoms with van der Waals surface area (Å²) in [6.45, 7) is 2.78. The van der Waals surface area contributed by atoms with Crippen LogP contribution in [0.1, 0.15) is 23.0 Å². The van der Waals surface area contributed by atoms with E-state index in [2.05, 4.69) is 20.6 Å². The average Bonchev–Trinajstić information content (AvgIpc) is 3.27. The first-order valence-electron chi connectivity index (χ1n) is 8.42. The van der Waals surface area contributed by atoms with Gasteiger partial charge in [-0.2, -0.15) is 0 Å². The third-order valence-electron chi connectivity index (χ3n) is 4.34. The van der Waals surface area contributed by atoms with Crippen molar-refractivity contribution in [2.45, 2.75) is 19.5 Å². The molecule has 0 saturated carbocycles. The Kier molecular flexibility index (Phi) is 4.27. The van der Waals surface area contributed by atoms with Crippen molar-refractivity contribution in [2.24, 2.45) is 0 Å². The molecule has 0 unspecified atom stereocenters. The van der Waals surface area contributed by atoms with E-state index in [0.29, 0.717) is 13.2 Å². The number of pyridine rings is 1. The predicted octanol–water partition coefficient (Wildman–Crippen LogP) is 2.51. The number of benzene rings is 1. The maximum absolute atomic E-state index is 12.2. The summed E-state index contributed by atoms with van der Waals surface area (Å²) in [7, 11) is 0. The van der Waals surface area contributed by atoms with Gasteiger partial charge >= 0.3 is 6.03 Å². The third kappa shape index (κ3) is 3.23. The lowest BCUT2D eigenvalue weighted by molar-refractivity contribution is 0.231. The molecule has 0 bridgehead atoms. The van der Waals surface area contributed by atoms with Gasteiger partial charge in [0.15, 0.2) is 0 Å². The number of nitrogens with zero attached hydrogens (tertiary/aromatic N) is 3. The van der Waals surface area contributed by atoms with Crippen molar-refractivity contribution in [3.05, 3.63) is 71.9 Å². The van der Waals surface area contributed by atoms with Crippen molar-refractivity contribution in [3.8, 4) is 11.6 Å². The lowest BCUT2D eigenvalue weighted by Crippen LogP contribution is -2.38. The van der Waals surface area contributed by atoms with Crippen LogP contribution in [0.5, 0.6) is 5.75 Å². The van der Waals surface area contributed by atoms with Crippen molar-refractivity contribution in [2.75, 3.05) is 6.61 Å². The third-order valence-corrected chi connectivity index (χ3v) is 4.34. The van der Waals surface area contributed by atoms with Gasteiger partial charge in [0.05, 0.1) is 6.04 Å². The fourth-order valence-corrected chi connectivity index (χ4v) is 3.00. The molecule has 2 N–H and O–H groups in total. The minimum absolute atomic E-state index is 0.132. The second kappa shape index (κ2) is 6.87. The van der Waals surface area contributed by atoms with E-state index in [1.54, 1.807) is 12.4 Å². The molecule has 0 fully saturated rings. The van der Waals surface area contributed by atoms with Gasteiger partial charge in [0.25, 0.3) is 0 Å². The maximum atomic E-state index is 12.2. The zero-order valence-electron chi connectivity index (χ0n) is 14.3. The fraction of sp³-hybridized carbons (Fsp3) is 0.211. The minimum atomic E-state index is -0.229. The molecule has 7 nitrogen and oxygen atoms in total. The van der Waals surface area contributed by atoms with Crippen LogP contribution < -0.4 is 15.4 Å². The van der Waals surface area contributed by atoms with Crippen molar-refractivity contribution in [3.63, 3.8) is 0 Å². The van der Waals surface area contributed by atoms with Gasteiger partial charge in [-0.15, -0.1) is 0 Å². The van der Waals surface area contributed by atoms with Gasteiger partial charge in [-0.3, -0.25) is 4.57 Å². The molecule has 3 aromatic rings. The van der Waals surface area contributed by atoms with Crippen molar-refractivity contribution >= 4 is 6.03 Å².